The third kappa shape index (κ3) is 1.43. The molecule has 0 radical (unpaired) electrons. The lowest BCUT2D eigenvalue weighted by molar-refractivity contribution is -0.139. The number of carbonyl (C=O) groups excluding carboxylic acids is 1. The first kappa shape index (κ1) is 14.1. The van der Waals surface area contributed by atoms with Crippen LogP contribution >= 0.6 is 24.8 Å². The van der Waals surface area contributed by atoms with E-state index in [2.05, 4.69) is 26.1 Å². The van der Waals surface area contributed by atoms with Crippen molar-refractivity contribution in [1.82, 2.24) is 5.32 Å². The van der Waals surface area contributed by atoms with Crippen LogP contribution in [0.15, 0.2) is 0 Å². The van der Waals surface area contributed by atoms with Crippen molar-refractivity contribution in [3.63, 3.8) is 0 Å². The first-order valence-electron chi connectivity index (χ1n) is 4.77. The van der Waals surface area contributed by atoms with Crippen LogP contribution < -0.4 is 5.32 Å². The van der Waals surface area contributed by atoms with Gasteiger partial charge in [0.15, 0.2) is 0 Å². The van der Waals surface area contributed by atoms with Crippen LogP contribution in [0.1, 0.15) is 33.6 Å². The molecule has 2 bridgehead atoms. The number of carbonyl (C=O) groups is 1. The van der Waals surface area contributed by atoms with Gasteiger partial charge in [0.2, 0.25) is 5.91 Å². The Balaban J connectivity index is 0.000000845. The van der Waals surface area contributed by atoms with E-state index in [0.29, 0.717) is 5.92 Å². The van der Waals surface area contributed by atoms with Gasteiger partial charge in [-0.05, 0) is 24.2 Å². The summed E-state index contributed by atoms with van der Waals surface area (Å²) in [6.07, 6.45) is 2.28. The van der Waals surface area contributed by atoms with Crippen LogP contribution in [0.2, 0.25) is 0 Å². The molecule has 0 aromatic rings. The van der Waals surface area contributed by atoms with Gasteiger partial charge in [0.1, 0.15) is 0 Å². The SMILES string of the molecule is CC12CCC(CNC1=O)C2(C)C.Cl.Cl. The Hall–Kier alpha value is 0.0500. The van der Waals surface area contributed by atoms with E-state index < -0.39 is 0 Å². The minimum Gasteiger partial charge on any atom is -0.355 e. The van der Waals surface area contributed by atoms with E-state index in [9.17, 15) is 4.79 Å². The molecule has 1 aliphatic heterocycles. The molecular formula is C10H19Cl2NO. The third-order valence-electron chi connectivity index (χ3n) is 4.45. The molecular weight excluding hydrogens is 221 g/mol. The number of amides is 1. The highest BCUT2D eigenvalue weighted by Gasteiger charge is 2.58. The average molecular weight is 240 g/mol. The molecule has 4 heteroatoms. The van der Waals surface area contributed by atoms with E-state index in [4.69, 9.17) is 0 Å². The van der Waals surface area contributed by atoms with E-state index in [1.807, 2.05) is 0 Å². The molecule has 1 saturated carbocycles. The Morgan fingerprint density at radius 1 is 1.29 bits per heavy atom. The zero-order chi connectivity index (χ0) is 8.98. The highest BCUT2D eigenvalue weighted by Crippen LogP contribution is 2.57. The zero-order valence-corrected chi connectivity index (χ0v) is 10.6. The van der Waals surface area contributed by atoms with Crippen molar-refractivity contribution >= 4 is 30.7 Å². The number of fused-ring (bicyclic) bond motifs is 2. The third-order valence-corrected chi connectivity index (χ3v) is 4.45. The molecule has 2 rings (SSSR count). The Morgan fingerprint density at radius 3 is 2.36 bits per heavy atom. The van der Waals surface area contributed by atoms with Crippen molar-refractivity contribution < 1.29 is 4.79 Å². The summed E-state index contributed by atoms with van der Waals surface area (Å²) in [7, 11) is 0. The quantitative estimate of drug-likeness (QED) is 0.692. The van der Waals surface area contributed by atoms with Crippen LogP contribution in [0.4, 0.5) is 0 Å². The number of nitrogens with one attached hydrogen (secondary N) is 1. The molecule has 84 valence electrons. The maximum atomic E-state index is 11.7. The Labute approximate surface area is 98.0 Å². The Kier molecular flexibility index (Phi) is 3.91. The summed E-state index contributed by atoms with van der Waals surface area (Å²) in [6.45, 7) is 7.48. The molecule has 2 unspecified atom stereocenters. The molecule has 0 aromatic carbocycles. The summed E-state index contributed by atoms with van der Waals surface area (Å²) in [5.74, 6) is 0.960. The summed E-state index contributed by atoms with van der Waals surface area (Å²) < 4.78 is 0. The molecule has 1 N–H and O–H groups in total. The number of hydrogen-bond acceptors (Lipinski definition) is 1. The topological polar surface area (TPSA) is 29.1 Å². The molecule has 2 nitrogen and oxygen atoms in total. The van der Waals surface area contributed by atoms with Gasteiger partial charge in [-0.1, -0.05) is 20.8 Å². The van der Waals surface area contributed by atoms with Gasteiger partial charge in [0.05, 0.1) is 5.41 Å². The minimum atomic E-state index is -0.101. The lowest BCUT2D eigenvalue weighted by Gasteiger charge is -2.44. The molecule has 2 atom stereocenters. The van der Waals surface area contributed by atoms with E-state index in [-0.39, 0.29) is 41.6 Å². The Bertz CT molecular complexity index is 242. The summed E-state index contributed by atoms with van der Waals surface area (Å²) in [6, 6.07) is 0. The van der Waals surface area contributed by atoms with Gasteiger partial charge in [0, 0.05) is 6.54 Å². The van der Waals surface area contributed by atoms with Gasteiger partial charge < -0.3 is 5.32 Å². The molecule has 1 amide bonds. The van der Waals surface area contributed by atoms with Crippen LogP contribution in [0.5, 0.6) is 0 Å². The molecule has 1 aliphatic carbocycles. The standard InChI is InChI=1S/C10H17NO.2ClH/c1-9(2)7-4-5-10(9,3)8(12)11-6-7;;/h7H,4-6H2,1-3H3,(H,11,12);2*1H. The second-order valence-corrected chi connectivity index (χ2v) is 5.00. The molecule has 0 aromatic heterocycles. The van der Waals surface area contributed by atoms with Crippen LogP contribution in [0.3, 0.4) is 0 Å². The largest absolute Gasteiger partial charge is 0.355 e. The van der Waals surface area contributed by atoms with Crippen molar-refractivity contribution in [3.05, 3.63) is 0 Å². The fraction of sp³-hybridized carbons (Fsp3) is 0.900. The van der Waals surface area contributed by atoms with E-state index in [1.165, 1.54) is 6.42 Å². The lowest BCUT2D eigenvalue weighted by atomic mass is 9.63. The van der Waals surface area contributed by atoms with Crippen molar-refractivity contribution in [2.24, 2.45) is 16.7 Å². The summed E-state index contributed by atoms with van der Waals surface area (Å²) >= 11 is 0. The van der Waals surface area contributed by atoms with Crippen molar-refractivity contribution in [3.8, 4) is 0 Å². The summed E-state index contributed by atoms with van der Waals surface area (Å²) in [5.41, 5.74) is 0.102. The van der Waals surface area contributed by atoms with Crippen molar-refractivity contribution in [2.75, 3.05) is 6.54 Å². The Morgan fingerprint density at radius 2 is 1.86 bits per heavy atom. The maximum absolute atomic E-state index is 11.7. The molecule has 0 spiro atoms. The van der Waals surface area contributed by atoms with Gasteiger partial charge in [-0.15, -0.1) is 24.8 Å². The molecule has 2 aliphatic rings. The molecule has 14 heavy (non-hydrogen) atoms. The maximum Gasteiger partial charge on any atom is 0.226 e. The minimum absolute atomic E-state index is 0. The van der Waals surface area contributed by atoms with Gasteiger partial charge >= 0.3 is 0 Å². The average Bonchev–Trinajstić information content (AvgIpc) is 2.17. The van der Waals surface area contributed by atoms with Crippen molar-refractivity contribution in [1.29, 1.82) is 0 Å². The molecule has 1 heterocycles. The fourth-order valence-corrected chi connectivity index (χ4v) is 2.77. The van der Waals surface area contributed by atoms with Gasteiger partial charge in [0.25, 0.3) is 0 Å². The van der Waals surface area contributed by atoms with Crippen LogP contribution in [-0.4, -0.2) is 12.5 Å². The highest BCUT2D eigenvalue weighted by molar-refractivity contribution is 5.85. The monoisotopic (exact) mass is 239 g/mol. The van der Waals surface area contributed by atoms with Crippen LogP contribution in [0.25, 0.3) is 0 Å². The first-order valence-corrected chi connectivity index (χ1v) is 4.77. The molecule has 1 saturated heterocycles. The van der Waals surface area contributed by atoms with Gasteiger partial charge in [-0.25, -0.2) is 0 Å². The normalized spacial score (nSPS) is 37.9. The summed E-state index contributed by atoms with van der Waals surface area (Å²) in [5, 5.41) is 3.00. The van der Waals surface area contributed by atoms with Gasteiger partial charge in [-0.2, -0.15) is 0 Å². The predicted octanol–water partition coefficient (Wildman–Crippen LogP) is 2.40. The lowest BCUT2D eigenvalue weighted by Crippen LogP contribution is -2.54. The fourth-order valence-electron chi connectivity index (χ4n) is 2.77. The molecule has 2 fully saturated rings. The second kappa shape index (κ2) is 3.90. The highest BCUT2D eigenvalue weighted by atomic mass is 35.5. The number of rotatable bonds is 0. The smallest absolute Gasteiger partial charge is 0.226 e. The second-order valence-electron chi connectivity index (χ2n) is 5.00. The predicted molar refractivity (Wildman–Crippen MR) is 62.1 cm³/mol. The van der Waals surface area contributed by atoms with Crippen LogP contribution in [-0.2, 0) is 4.79 Å². The van der Waals surface area contributed by atoms with E-state index in [1.54, 1.807) is 0 Å². The van der Waals surface area contributed by atoms with E-state index in [0.717, 1.165) is 13.0 Å². The van der Waals surface area contributed by atoms with Crippen molar-refractivity contribution in [2.45, 2.75) is 33.6 Å². The number of hydrogen-bond donors (Lipinski definition) is 1. The van der Waals surface area contributed by atoms with Gasteiger partial charge in [-0.3, -0.25) is 4.79 Å². The first-order chi connectivity index (χ1) is 5.48. The number of piperidine rings is 1. The van der Waals surface area contributed by atoms with Crippen LogP contribution in [0, 0.1) is 16.7 Å². The number of halogens is 2. The van der Waals surface area contributed by atoms with E-state index >= 15 is 0 Å². The zero-order valence-electron chi connectivity index (χ0n) is 8.92. The summed E-state index contributed by atoms with van der Waals surface area (Å²) in [4.78, 5) is 11.7.